The van der Waals surface area contributed by atoms with Gasteiger partial charge in [-0.1, -0.05) is 19.6 Å². The number of carbonyl (C=O) groups excluding carboxylic acids is 1. The summed E-state index contributed by atoms with van der Waals surface area (Å²) in [5.74, 6) is 0. The van der Waals surface area contributed by atoms with Crippen LogP contribution >= 0.6 is 15.9 Å². The summed E-state index contributed by atoms with van der Waals surface area (Å²) in [6.45, 7) is 7.81. The van der Waals surface area contributed by atoms with E-state index in [0.717, 1.165) is 16.8 Å². The quantitative estimate of drug-likeness (QED) is 0.436. The van der Waals surface area contributed by atoms with Gasteiger partial charge in [0.15, 0.2) is 6.29 Å². The van der Waals surface area contributed by atoms with E-state index in [0.29, 0.717) is 23.2 Å². The van der Waals surface area contributed by atoms with Crippen LogP contribution in [0.15, 0.2) is 21.5 Å². The van der Waals surface area contributed by atoms with Gasteiger partial charge >= 0.3 is 0 Å². The van der Waals surface area contributed by atoms with Crippen molar-refractivity contribution >= 4 is 41.2 Å². The summed E-state index contributed by atoms with van der Waals surface area (Å²) in [5.41, 5.74) is 1.03. The molecular formula is C15H21BrN2O3Si. The monoisotopic (exact) mass is 384 g/mol. The Bertz CT molecular complexity index is 759. The third-order valence-corrected chi connectivity index (χ3v) is 5.83. The van der Waals surface area contributed by atoms with Gasteiger partial charge in [-0.25, -0.2) is 0 Å². The molecule has 0 amide bonds. The Balaban J connectivity index is 2.34. The zero-order valence-electron chi connectivity index (χ0n) is 13.4. The van der Waals surface area contributed by atoms with E-state index in [-0.39, 0.29) is 12.3 Å². The zero-order chi connectivity index (χ0) is 16.5. The Morgan fingerprint density at radius 3 is 2.64 bits per heavy atom. The topological polar surface area (TPSA) is 53.2 Å². The van der Waals surface area contributed by atoms with Crippen LogP contribution < -0.4 is 5.56 Å². The van der Waals surface area contributed by atoms with Crippen molar-refractivity contribution in [3.05, 3.63) is 32.8 Å². The maximum Gasteiger partial charge on any atom is 0.259 e. The number of rotatable bonds is 6. The zero-order valence-corrected chi connectivity index (χ0v) is 15.9. The predicted molar refractivity (Wildman–Crippen MR) is 94.4 cm³/mol. The molecule has 2 aromatic rings. The predicted octanol–water partition coefficient (Wildman–Crippen LogP) is 3.23. The van der Waals surface area contributed by atoms with Gasteiger partial charge in [-0.2, -0.15) is 0 Å². The lowest BCUT2D eigenvalue weighted by Gasteiger charge is -2.16. The lowest BCUT2D eigenvalue weighted by atomic mass is 10.3. The average molecular weight is 385 g/mol. The highest BCUT2D eigenvalue weighted by Crippen LogP contribution is 2.24. The molecular weight excluding hydrogens is 364 g/mol. The van der Waals surface area contributed by atoms with E-state index in [9.17, 15) is 9.59 Å². The van der Waals surface area contributed by atoms with Crippen molar-refractivity contribution in [3.63, 3.8) is 0 Å². The number of ether oxygens (including phenoxy) is 1. The fraction of sp³-hybridized carbons (Fsp3) is 0.467. The highest BCUT2D eigenvalue weighted by Gasteiger charge is 2.16. The summed E-state index contributed by atoms with van der Waals surface area (Å²) in [5, 5.41) is 0.521. The second-order valence-corrected chi connectivity index (χ2v) is 13.1. The van der Waals surface area contributed by atoms with Crippen LogP contribution in [0.25, 0.3) is 10.9 Å². The van der Waals surface area contributed by atoms with Crippen molar-refractivity contribution in [2.45, 2.75) is 32.4 Å². The van der Waals surface area contributed by atoms with E-state index >= 15 is 0 Å². The summed E-state index contributed by atoms with van der Waals surface area (Å²) in [7, 11) is 0.541. The standard InChI is InChI=1S/C15H21BrN2O3Si/c1-17-8-13(16)14-12(15(17)20)7-11(9-19)18(14)10-21-5-6-22(2,3)4/h7-9H,5-6,10H2,1-4H3. The van der Waals surface area contributed by atoms with Gasteiger partial charge in [-0.15, -0.1) is 0 Å². The molecule has 0 spiro atoms. The maximum absolute atomic E-state index is 12.2. The highest BCUT2D eigenvalue weighted by atomic mass is 79.9. The summed E-state index contributed by atoms with van der Waals surface area (Å²) < 4.78 is 9.75. The molecule has 0 radical (unpaired) electrons. The van der Waals surface area contributed by atoms with Gasteiger partial charge in [0, 0.05) is 27.9 Å². The number of hydrogen-bond acceptors (Lipinski definition) is 3. The molecule has 0 unspecified atom stereocenters. The third kappa shape index (κ3) is 3.59. The average Bonchev–Trinajstić information content (AvgIpc) is 2.79. The number of carbonyl (C=O) groups is 1. The molecule has 0 bridgehead atoms. The lowest BCUT2D eigenvalue weighted by molar-refractivity contribution is 0.0862. The van der Waals surface area contributed by atoms with Crippen molar-refractivity contribution in [2.24, 2.45) is 7.05 Å². The van der Waals surface area contributed by atoms with Crippen LogP contribution in [-0.4, -0.2) is 30.1 Å². The van der Waals surface area contributed by atoms with Crippen LogP contribution in [0.3, 0.4) is 0 Å². The minimum atomic E-state index is -1.15. The summed E-state index contributed by atoms with van der Waals surface area (Å²) >= 11 is 3.47. The van der Waals surface area contributed by atoms with Crippen LogP contribution in [0.4, 0.5) is 0 Å². The molecule has 0 aliphatic rings. The summed E-state index contributed by atoms with van der Waals surface area (Å²) in [6, 6.07) is 2.68. The van der Waals surface area contributed by atoms with E-state index in [1.165, 1.54) is 4.57 Å². The van der Waals surface area contributed by atoms with E-state index in [1.54, 1.807) is 23.9 Å². The van der Waals surface area contributed by atoms with E-state index in [1.807, 2.05) is 0 Å². The van der Waals surface area contributed by atoms with Crippen molar-refractivity contribution in [1.29, 1.82) is 0 Å². The SMILES string of the molecule is Cn1cc(Br)c2c(cc(C=O)n2COCC[Si](C)(C)C)c1=O. The van der Waals surface area contributed by atoms with Crippen molar-refractivity contribution in [3.8, 4) is 0 Å². The van der Waals surface area contributed by atoms with Crippen LogP contribution in [0.1, 0.15) is 10.5 Å². The molecule has 0 aliphatic carbocycles. The first-order chi connectivity index (χ1) is 10.2. The van der Waals surface area contributed by atoms with Crippen LogP contribution in [0.2, 0.25) is 25.7 Å². The molecule has 22 heavy (non-hydrogen) atoms. The third-order valence-electron chi connectivity index (χ3n) is 3.55. The largest absolute Gasteiger partial charge is 0.361 e. The highest BCUT2D eigenvalue weighted by molar-refractivity contribution is 9.10. The van der Waals surface area contributed by atoms with Gasteiger partial charge in [0.25, 0.3) is 5.56 Å². The van der Waals surface area contributed by atoms with Crippen molar-refractivity contribution in [2.75, 3.05) is 6.61 Å². The minimum Gasteiger partial charge on any atom is -0.361 e. The number of fused-ring (bicyclic) bond motifs is 1. The van der Waals surface area contributed by atoms with Crippen molar-refractivity contribution in [1.82, 2.24) is 9.13 Å². The number of aryl methyl sites for hydroxylation is 1. The molecule has 120 valence electrons. The first-order valence-corrected chi connectivity index (χ1v) is 11.7. The van der Waals surface area contributed by atoms with Gasteiger partial charge < -0.3 is 13.9 Å². The molecule has 5 nitrogen and oxygen atoms in total. The van der Waals surface area contributed by atoms with E-state index < -0.39 is 8.07 Å². The smallest absolute Gasteiger partial charge is 0.259 e. The molecule has 0 N–H and O–H groups in total. The summed E-state index contributed by atoms with van der Waals surface area (Å²) in [6.07, 6.45) is 2.46. The molecule has 0 saturated heterocycles. The molecule has 0 saturated carbocycles. The molecule has 0 atom stereocenters. The van der Waals surface area contributed by atoms with Gasteiger partial charge in [0.1, 0.15) is 6.73 Å². The first kappa shape index (κ1) is 17.2. The maximum atomic E-state index is 12.2. The van der Waals surface area contributed by atoms with E-state index in [4.69, 9.17) is 4.74 Å². The second kappa shape index (κ2) is 6.52. The Kier molecular flexibility index (Phi) is 5.09. The minimum absolute atomic E-state index is 0.123. The molecule has 2 heterocycles. The molecule has 7 heteroatoms. The van der Waals surface area contributed by atoms with Gasteiger partial charge in [-0.3, -0.25) is 9.59 Å². The molecule has 2 aromatic heterocycles. The van der Waals surface area contributed by atoms with Crippen LogP contribution in [-0.2, 0) is 18.5 Å². The van der Waals surface area contributed by atoms with Gasteiger partial charge in [-0.05, 0) is 28.0 Å². The normalized spacial score (nSPS) is 12.0. The fourth-order valence-electron chi connectivity index (χ4n) is 2.24. The molecule has 0 fully saturated rings. The summed E-state index contributed by atoms with van der Waals surface area (Å²) in [4.78, 5) is 23.5. The van der Waals surface area contributed by atoms with E-state index in [2.05, 4.69) is 35.6 Å². The van der Waals surface area contributed by atoms with Crippen LogP contribution in [0, 0.1) is 0 Å². The number of hydrogen-bond donors (Lipinski definition) is 0. The number of pyridine rings is 1. The number of halogens is 1. The second-order valence-electron chi connectivity index (χ2n) is 6.62. The molecule has 0 aromatic carbocycles. The Morgan fingerprint density at radius 1 is 1.36 bits per heavy atom. The first-order valence-electron chi connectivity index (χ1n) is 7.16. The molecule has 0 aliphatic heterocycles. The van der Waals surface area contributed by atoms with Crippen LogP contribution in [0.5, 0.6) is 0 Å². The van der Waals surface area contributed by atoms with Gasteiger partial charge in [0.2, 0.25) is 0 Å². The number of aldehydes is 1. The van der Waals surface area contributed by atoms with Crippen molar-refractivity contribution < 1.29 is 9.53 Å². The number of nitrogens with zero attached hydrogens (tertiary/aromatic N) is 2. The fourth-order valence-corrected chi connectivity index (χ4v) is 3.73. The molecule has 2 rings (SSSR count). The lowest BCUT2D eigenvalue weighted by Crippen LogP contribution is -2.22. The Labute approximate surface area is 139 Å². The van der Waals surface area contributed by atoms with Gasteiger partial charge in [0.05, 0.1) is 21.1 Å². The Morgan fingerprint density at radius 2 is 2.05 bits per heavy atom. The Hall–Kier alpha value is -1.18. The number of aromatic nitrogens is 2.